The second kappa shape index (κ2) is 5.47. The molecule has 1 aromatic rings. The number of nitrogens with zero attached hydrogens (tertiary/aromatic N) is 1. The maximum absolute atomic E-state index is 11.7. The Morgan fingerprint density at radius 1 is 1.47 bits per heavy atom. The highest BCUT2D eigenvalue weighted by Gasteiger charge is 2.34. The van der Waals surface area contributed by atoms with Crippen molar-refractivity contribution in [1.82, 2.24) is 4.90 Å². The number of amides is 1. The Morgan fingerprint density at radius 3 is 2.82 bits per heavy atom. The first-order valence-corrected chi connectivity index (χ1v) is 6.25. The average molecular weight is 270 g/mol. The van der Waals surface area contributed by atoms with Crippen molar-refractivity contribution in [2.45, 2.75) is 12.5 Å². The molecular weight excluding hydrogens is 258 g/mol. The minimum absolute atomic E-state index is 0.0452. The van der Waals surface area contributed by atoms with E-state index in [0.29, 0.717) is 6.61 Å². The zero-order valence-corrected chi connectivity index (χ0v) is 10.7. The van der Waals surface area contributed by atoms with Crippen LogP contribution >= 0.6 is 23.8 Å². The van der Waals surface area contributed by atoms with Crippen LogP contribution in [0.2, 0.25) is 0 Å². The van der Waals surface area contributed by atoms with Gasteiger partial charge in [0.1, 0.15) is 12.5 Å². The number of carbonyl (C=O) groups excluding carboxylic acids is 1. The van der Waals surface area contributed by atoms with Gasteiger partial charge in [0.15, 0.2) is 0 Å². The topological polar surface area (TPSA) is 29.5 Å². The standard InChI is InChI=1S/C12H12ClNO2S/c13-7-11(15)14-10(8-16-12(14)17)6-9-4-2-1-3-5-9/h1-5,10H,6-8H2/t10-/m0/s1. The van der Waals surface area contributed by atoms with Crippen LogP contribution in [0.5, 0.6) is 0 Å². The van der Waals surface area contributed by atoms with E-state index in [1.54, 1.807) is 0 Å². The molecule has 1 aliphatic rings. The lowest BCUT2D eigenvalue weighted by Crippen LogP contribution is -2.40. The first kappa shape index (κ1) is 12.3. The fourth-order valence-corrected chi connectivity index (χ4v) is 2.31. The van der Waals surface area contributed by atoms with E-state index < -0.39 is 0 Å². The molecule has 0 N–H and O–H groups in total. The van der Waals surface area contributed by atoms with E-state index in [-0.39, 0.29) is 23.0 Å². The van der Waals surface area contributed by atoms with E-state index in [2.05, 4.69) is 0 Å². The number of hydrogen-bond acceptors (Lipinski definition) is 3. The number of halogens is 1. The van der Waals surface area contributed by atoms with Gasteiger partial charge in [0.25, 0.3) is 5.17 Å². The van der Waals surface area contributed by atoms with Crippen LogP contribution in [0.3, 0.4) is 0 Å². The highest BCUT2D eigenvalue weighted by molar-refractivity contribution is 7.80. The summed E-state index contributed by atoms with van der Waals surface area (Å²) in [6.45, 7) is 0.441. The smallest absolute Gasteiger partial charge is 0.266 e. The average Bonchev–Trinajstić information content (AvgIpc) is 2.71. The third kappa shape index (κ3) is 2.76. The molecule has 0 spiro atoms. The fourth-order valence-electron chi connectivity index (χ4n) is 1.87. The summed E-state index contributed by atoms with van der Waals surface area (Å²) in [6, 6.07) is 9.89. The van der Waals surface area contributed by atoms with Crippen molar-refractivity contribution in [3.8, 4) is 0 Å². The number of rotatable bonds is 3. The summed E-state index contributed by atoms with van der Waals surface area (Å²) < 4.78 is 5.25. The lowest BCUT2D eigenvalue weighted by Gasteiger charge is -2.20. The first-order valence-electron chi connectivity index (χ1n) is 5.31. The lowest BCUT2D eigenvalue weighted by molar-refractivity contribution is -0.125. The van der Waals surface area contributed by atoms with Crippen molar-refractivity contribution in [2.24, 2.45) is 0 Å². The van der Waals surface area contributed by atoms with Gasteiger partial charge in [0, 0.05) is 0 Å². The summed E-state index contributed by atoms with van der Waals surface area (Å²) >= 11 is 10.6. The van der Waals surface area contributed by atoms with Gasteiger partial charge in [-0.1, -0.05) is 30.3 Å². The van der Waals surface area contributed by atoms with Gasteiger partial charge >= 0.3 is 0 Å². The van der Waals surface area contributed by atoms with E-state index in [1.165, 1.54) is 4.90 Å². The quantitative estimate of drug-likeness (QED) is 0.621. The van der Waals surface area contributed by atoms with Crippen molar-refractivity contribution in [3.05, 3.63) is 35.9 Å². The molecule has 1 aliphatic heterocycles. The maximum atomic E-state index is 11.7. The Bertz CT molecular complexity index is 424. The Hall–Kier alpha value is -1.13. The molecule has 90 valence electrons. The monoisotopic (exact) mass is 269 g/mol. The number of hydrogen-bond donors (Lipinski definition) is 0. The third-order valence-electron chi connectivity index (χ3n) is 2.66. The van der Waals surface area contributed by atoms with Gasteiger partial charge in [-0.05, 0) is 24.2 Å². The van der Waals surface area contributed by atoms with E-state index in [9.17, 15) is 4.79 Å². The molecule has 0 radical (unpaired) electrons. The molecule has 0 unspecified atom stereocenters. The van der Waals surface area contributed by atoms with Gasteiger partial charge in [-0.3, -0.25) is 9.69 Å². The molecule has 2 rings (SSSR count). The molecule has 0 bridgehead atoms. The van der Waals surface area contributed by atoms with E-state index in [4.69, 9.17) is 28.6 Å². The number of ether oxygens (including phenoxy) is 1. The second-order valence-corrected chi connectivity index (χ2v) is 4.43. The summed E-state index contributed by atoms with van der Waals surface area (Å²) in [7, 11) is 0. The molecule has 17 heavy (non-hydrogen) atoms. The minimum atomic E-state index is -0.199. The zero-order chi connectivity index (χ0) is 12.3. The molecule has 1 amide bonds. The van der Waals surface area contributed by atoms with E-state index in [1.807, 2.05) is 30.3 Å². The van der Waals surface area contributed by atoms with Crippen molar-refractivity contribution in [2.75, 3.05) is 12.5 Å². The largest absolute Gasteiger partial charge is 0.468 e. The van der Waals surface area contributed by atoms with Gasteiger partial charge in [-0.2, -0.15) is 0 Å². The van der Waals surface area contributed by atoms with Crippen molar-refractivity contribution in [1.29, 1.82) is 0 Å². The molecule has 0 aromatic heterocycles. The van der Waals surface area contributed by atoms with Crippen LogP contribution in [0.25, 0.3) is 0 Å². The minimum Gasteiger partial charge on any atom is -0.468 e. The molecule has 0 saturated carbocycles. The van der Waals surface area contributed by atoms with Crippen LogP contribution < -0.4 is 0 Å². The molecule has 3 nitrogen and oxygen atoms in total. The summed E-state index contributed by atoms with van der Waals surface area (Å²) in [5, 5.41) is 0.233. The summed E-state index contributed by atoms with van der Waals surface area (Å²) in [5.74, 6) is -0.274. The van der Waals surface area contributed by atoms with Crippen molar-refractivity contribution < 1.29 is 9.53 Å². The highest BCUT2D eigenvalue weighted by atomic mass is 35.5. The maximum Gasteiger partial charge on any atom is 0.266 e. The number of carbonyl (C=O) groups is 1. The predicted molar refractivity (Wildman–Crippen MR) is 70.1 cm³/mol. The molecular formula is C12H12ClNO2S. The molecule has 1 fully saturated rings. The fraction of sp³-hybridized carbons (Fsp3) is 0.333. The Labute approximate surface area is 110 Å². The Kier molecular flexibility index (Phi) is 3.97. The zero-order valence-electron chi connectivity index (χ0n) is 9.14. The molecule has 1 atom stereocenters. The predicted octanol–water partition coefficient (Wildman–Crippen LogP) is 1.98. The second-order valence-electron chi connectivity index (χ2n) is 3.82. The van der Waals surface area contributed by atoms with Crippen LogP contribution in [0.4, 0.5) is 0 Å². The van der Waals surface area contributed by atoms with Gasteiger partial charge in [0.05, 0.1) is 6.04 Å². The Balaban J connectivity index is 2.10. The molecule has 1 saturated heterocycles. The van der Waals surface area contributed by atoms with Gasteiger partial charge in [-0.25, -0.2) is 0 Å². The number of thiocarbonyl (C=S) groups is 1. The van der Waals surface area contributed by atoms with E-state index >= 15 is 0 Å². The molecule has 5 heteroatoms. The van der Waals surface area contributed by atoms with Crippen molar-refractivity contribution >= 4 is 34.9 Å². The van der Waals surface area contributed by atoms with Gasteiger partial charge in [0.2, 0.25) is 5.91 Å². The SMILES string of the molecule is O=C(CCl)N1C(=S)OC[C@@H]1Cc1ccccc1. The van der Waals surface area contributed by atoms with Crippen LogP contribution in [0, 0.1) is 0 Å². The van der Waals surface area contributed by atoms with Gasteiger partial charge < -0.3 is 4.74 Å². The highest BCUT2D eigenvalue weighted by Crippen LogP contribution is 2.18. The molecule has 0 aliphatic carbocycles. The third-order valence-corrected chi connectivity index (χ3v) is 3.20. The van der Waals surface area contributed by atoms with Crippen LogP contribution in [0.15, 0.2) is 30.3 Å². The molecule has 1 heterocycles. The summed E-state index contributed by atoms with van der Waals surface area (Å²) in [5.41, 5.74) is 1.15. The van der Waals surface area contributed by atoms with E-state index in [0.717, 1.165) is 12.0 Å². The van der Waals surface area contributed by atoms with Gasteiger partial charge in [-0.15, -0.1) is 11.6 Å². The van der Waals surface area contributed by atoms with Crippen LogP contribution in [0.1, 0.15) is 5.56 Å². The lowest BCUT2D eigenvalue weighted by atomic mass is 10.1. The summed E-state index contributed by atoms with van der Waals surface area (Å²) in [4.78, 5) is 13.1. The molecule has 1 aromatic carbocycles. The first-order chi connectivity index (χ1) is 8.22. The number of alkyl halides is 1. The van der Waals surface area contributed by atoms with Crippen LogP contribution in [-0.4, -0.2) is 34.5 Å². The van der Waals surface area contributed by atoms with Crippen LogP contribution in [-0.2, 0) is 16.0 Å². The Morgan fingerprint density at radius 2 is 2.18 bits per heavy atom. The normalized spacial score (nSPS) is 19.2. The number of benzene rings is 1. The van der Waals surface area contributed by atoms with Crippen molar-refractivity contribution in [3.63, 3.8) is 0 Å². The summed E-state index contributed by atoms with van der Waals surface area (Å²) in [6.07, 6.45) is 0.726.